The van der Waals surface area contributed by atoms with Crippen molar-refractivity contribution in [3.05, 3.63) is 23.5 Å². The highest BCUT2D eigenvalue weighted by atomic mass is 16.5. The molecular weight excluding hydrogens is 196 g/mol. The molecule has 0 radical (unpaired) electrons. The molecule has 1 aromatic rings. The van der Waals surface area contributed by atoms with Crippen molar-refractivity contribution in [2.45, 2.75) is 13.0 Å². The summed E-state index contributed by atoms with van der Waals surface area (Å²) in [7, 11) is 2.92. The second-order valence-electron chi connectivity index (χ2n) is 3.31. The first kappa shape index (κ1) is 11.5. The number of ether oxygens (including phenoxy) is 1. The molecule has 0 aliphatic heterocycles. The first-order chi connectivity index (χ1) is 6.99. The van der Waals surface area contributed by atoms with Crippen LogP contribution in [0.3, 0.4) is 0 Å². The number of nitrogens with zero attached hydrogens (tertiary/aromatic N) is 1. The number of carbonyl (C=O) groups excluding carboxylic acids is 2. The Bertz CT molecular complexity index is 393. The fourth-order valence-corrected chi connectivity index (χ4v) is 1.30. The van der Waals surface area contributed by atoms with Crippen molar-refractivity contribution in [1.82, 2.24) is 4.57 Å². The molecule has 0 aromatic carbocycles. The minimum absolute atomic E-state index is 0.201. The highest BCUT2D eigenvalue weighted by molar-refractivity contribution is 6.00. The fourth-order valence-electron chi connectivity index (χ4n) is 1.30. The maximum absolute atomic E-state index is 11.6. The van der Waals surface area contributed by atoms with Crippen LogP contribution in [0, 0.1) is 0 Å². The second-order valence-corrected chi connectivity index (χ2v) is 3.31. The van der Waals surface area contributed by atoms with Crippen LogP contribution in [0.2, 0.25) is 0 Å². The molecule has 82 valence electrons. The van der Waals surface area contributed by atoms with Gasteiger partial charge in [0.1, 0.15) is 5.69 Å². The summed E-state index contributed by atoms with van der Waals surface area (Å²) in [6, 6.07) is 2.53. The molecule has 0 spiro atoms. The van der Waals surface area contributed by atoms with E-state index in [9.17, 15) is 9.59 Å². The molecule has 5 heteroatoms. The maximum atomic E-state index is 11.6. The minimum atomic E-state index is -0.580. The van der Waals surface area contributed by atoms with Crippen LogP contribution in [-0.4, -0.2) is 29.5 Å². The molecular formula is C10H14N2O3. The number of Topliss-reactive ketones (excluding diaryl/α,β-unsaturated/α-hetero) is 1. The van der Waals surface area contributed by atoms with Gasteiger partial charge in [0.05, 0.1) is 18.8 Å². The third-order valence-electron chi connectivity index (χ3n) is 2.18. The second kappa shape index (κ2) is 4.27. The zero-order chi connectivity index (χ0) is 11.6. The Kier molecular flexibility index (Phi) is 3.26. The summed E-state index contributed by atoms with van der Waals surface area (Å²) >= 11 is 0. The van der Waals surface area contributed by atoms with Gasteiger partial charge in [0, 0.05) is 7.05 Å². The maximum Gasteiger partial charge on any atom is 0.354 e. The molecule has 15 heavy (non-hydrogen) atoms. The quantitative estimate of drug-likeness (QED) is 0.576. The van der Waals surface area contributed by atoms with E-state index >= 15 is 0 Å². The Morgan fingerprint density at radius 1 is 1.40 bits per heavy atom. The van der Waals surface area contributed by atoms with Crippen molar-refractivity contribution in [3.63, 3.8) is 0 Å². The van der Waals surface area contributed by atoms with Crippen molar-refractivity contribution < 1.29 is 14.3 Å². The van der Waals surface area contributed by atoms with Crippen LogP contribution in [-0.2, 0) is 11.8 Å². The van der Waals surface area contributed by atoms with E-state index in [4.69, 9.17) is 5.73 Å². The van der Waals surface area contributed by atoms with Crippen LogP contribution >= 0.6 is 0 Å². The van der Waals surface area contributed by atoms with Gasteiger partial charge in [-0.15, -0.1) is 0 Å². The topological polar surface area (TPSA) is 74.3 Å². The lowest BCUT2D eigenvalue weighted by molar-refractivity contribution is 0.0590. The van der Waals surface area contributed by atoms with Gasteiger partial charge in [0.15, 0.2) is 5.78 Å². The van der Waals surface area contributed by atoms with Crippen molar-refractivity contribution in [1.29, 1.82) is 0 Å². The van der Waals surface area contributed by atoms with Gasteiger partial charge in [-0.05, 0) is 19.1 Å². The zero-order valence-corrected chi connectivity index (χ0v) is 8.98. The number of esters is 1. The number of nitrogens with two attached hydrogens (primary N) is 1. The van der Waals surface area contributed by atoms with Gasteiger partial charge in [-0.3, -0.25) is 4.79 Å². The Hall–Kier alpha value is -1.62. The summed E-state index contributed by atoms with van der Waals surface area (Å²) in [4.78, 5) is 22.8. The lowest BCUT2D eigenvalue weighted by Crippen LogP contribution is -2.28. The molecule has 0 saturated heterocycles. The van der Waals surface area contributed by atoms with Crippen molar-refractivity contribution in [3.8, 4) is 0 Å². The molecule has 1 heterocycles. The lowest BCUT2D eigenvalue weighted by atomic mass is 10.2. The fraction of sp³-hybridized carbons (Fsp3) is 0.400. The largest absolute Gasteiger partial charge is 0.464 e. The van der Waals surface area contributed by atoms with E-state index in [2.05, 4.69) is 4.74 Å². The normalized spacial score (nSPS) is 12.3. The Balaban J connectivity index is 3.09. The third kappa shape index (κ3) is 2.07. The van der Waals surface area contributed by atoms with Crippen LogP contribution in [0.25, 0.3) is 0 Å². The Labute approximate surface area is 87.8 Å². The summed E-state index contributed by atoms with van der Waals surface area (Å²) in [5, 5.41) is 0. The van der Waals surface area contributed by atoms with E-state index in [1.54, 1.807) is 26.1 Å². The monoisotopic (exact) mass is 210 g/mol. The predicted octanol–water partition coefficient (Wildman–Crippen LogP) is 0.342. The number of rotatable bonds is 3. The van der Waals surface area contributed by atoms with Crippen LogP contribution in [0.4, 0.5) is 0 Å². The molecule has 1 rings (SSSR count). The van der Waals surface area contributed by atoms with Gasteiger partial charge in [-0.1, -0.05) is 0 Å². The van der Waals surface area contributed by atoms with E-state index < -0.39 is 12.0 Å². The van der Waals surface area contributed by atoms with Gasteiger partial charge < -0.3 is 15.0 Å². The number of hydrogen-bond acceptors (Lipinski definition) is 4. The minimum Gasteiger partial charge on any atom is -0.464 e. The lowest BCUT2D eigenvalue weighted by Gasteiger charge is -2.07. The van der Waals surface area contributed by atoms with E-state index in [1.165, 1.54) is 11.7 Å². The Morgan fingerprint density at radius 2 is 1.93 bits per heavy atom. The molecule has 1 atom stereocenters. The van der Waals surface area contributed by atoms with Gasteiger partial charge in [-0.25, -0.2) is 4.79 Å². The van der Waals surface area contributed by atoms with Gasteiger partial charge in [0.25, 0.3) is 0 Å². The van der Waals surface area contributed by atoms with Crippen molar-refractivity contribution in [2.24, 2.45) is 12.8 Å². The third-order valence-corrected chi connectivity index (χ3v) is 2.18. The van der Waals surface area contributed by atoms with E-state index in [0.717, 1.165) is 0 Å². The molecule has 2 N–H and O–H groups in total. The van der Waals surface area contributed by atoms with E-state index in [0.29, 0.717) is 11.4 Å². The standard InChI is InChI=1S/C10H14N2O3/c1-6(11)9(13)7-4-5-8(12(7)2)10(14)15-3/h4-6H,11H2,1-3H3. The first-order valence-electron chi connectivity index (χ1n) is 4.53. The molecule has 0 saturated carbocycles. The van der Waals surface area contributed by atoms with Crippen LogP contribution < -0.4 is 5.73 Å². The van der Waals surface area contributed by atoms with Crippen LogP contribution in [0.5, 0.6) is 0 Å². The molecule has 0 bridgehead atoms. The average molecular weight is 210 g/mol. The molecule has 5 nitrogen and oxygen atoms in total. The summed E-state index contributed by atoms with van der Waals surface area (Å²) in [5.74, 6) is -0.672. The summed E-state index contributed by atoms with van der Waals surface area (Å²) in [6.07, 6.45) is 0. The summed E-state index contributed by atoms with van der Waals surface area (Å²) in [6.45, 7) is 1.60. The molecule has 0 aliphatic rings. The number of ketones is 1. The zero-order valence-electron chi connectivity index (χ0n) is 8.98. The predicted molar refractivity (Wildman–Crippen MR) is 54.7 cm³/mol. The molecule has 0 aliphatic carbocycles. The van der Waals surface area contributed by atoms with E-state index in [-0.39, 0.29) is 5.78 Å². The molecule has 0 fully saturated rings. The Morgan fingerprint density at radius 3 is 2.40 bits per heavy atom. The van der Waals surface area contributed by atoms with Crippen LogP contribution in [0.15, 0.2) is 12.1 Å². The molecule has 1 unspecified atom stereocenters. The number of aromatic nitrogens is 1. The van der Waals surface area contributed by atoms with Gasteiger partial charge in [-0.2, -0.15) is 0 Å². The smallest absolute Gasteiger partial charge is 0.354 e. The van der Waals surface area contributed by atoms with Gasteiger partial charge >= 0.3 is 5.97 Å². The van der Waals surface area contributed by atoms with E-state index in [1.807, 2.05) is 0 Å². The van der Waals surface area contributed by atoms with Crippen molar-refractivity contribution in [2.75, 3.05) is 7.11 Å². The number of hydrogen-bond donors (Lipinski definition) is 1. The summed E-state index contributed by atoms with van der Waals surface area (Å²) in [5.41, 5.74) is 6.22. The highest BCUT2D eigenvalue weighted by Gasteiger charge is 2.19. The first-order valence-corrected chi connectivity index (χ1v) is 4.53. The summed E-state index contributed by atoms with van der Waals surface area (Å²) < 4.78 is 6.05. The molecule has 1 aromatic heterocycles. The highest BCUT2D eigenvalue weighted by Crippen LogP contribution is 2.10. The van der Waals surface area contributed by atoms with Gasteiger partial charge in [0.2, 0.25) is 0 Å². The SMILES string of the molecule is COC(=O)c1ccc(C(=O)C(C)N)n1C. The molecule has 0 amide bonds. The number of methoxy groups -OCH3 is 1. The van der Waals surface area contributed by atoms with Crippen molar-refractivity contribution >= 4 is 11.8 Å². The average Bonchev–Trinajstić information content (AvgIpc) is 2.57. The number of carbonyl (C=O) groups is 2. The van der Waals surface area contributed by atoms with Crippen LogP contribution in [0.1, 0.15) is 27.9 Å².